The fourth-order valence-electron chi connectivity index (χ4n) is 3.44. The van der Waals surface area contributed by atoms with Crippen LogP contribution in [-0.2, 0) is 6.56 Å². The van der Waals surface area contributed by atoms with Crippen molar-refractivity contribution in [2.45, 2.75) is 44.9 Å². The molecule has 1 unspecified atom stereocenters. The van der Waals surface area contributed by atoms with E-state index < -0.39 is 12.2 Å². The second kappa shape index (κ2) is 9.43. The topological polar surface area (TPSA) is 98.2 Å². The van der Waals surface area contributed by atoms with Gasteiger partial charge in [0.05, 0.1) is 15.0 Å². The van der Waals surface area contributed by atoms with E-state index in [4.69, 9.17) is 13.2 Å². The Kier molecular flexibility index (Phi) is 5.70. The number of anilines is 1. The van der Waals surface area contributed by atoms with Crippen molar-refractivity contribution in [3.63, 3.8) is 0 Å². The maximum absolute atomic E-state index is 9.83. The summed E-state index contributed by atoms with van der Waals surface area (Å²) >= 11 is 0. The van der Waals surface area contributed by atoms with Gasteiger partial charge in [0.2, 0.25) is 0 Å². The smallest absolute Gasteiger partial charge is 0.166 e. The Morgan fingerprint density at radius 2 is 2.22 bits per heavy atom. The number of rotatable bonds is 5. The first-order valence-corrected chi connectivity index (χ1v) is 10.7. The van der Waals surface area contributed by atoms with Gasteiger partial charge >= 0.3 is 0 Å². The van der Waals surface area contributed by atoms with Crippen LogP contribution in [0, 0.1) is 11.8 Å². The molecule has 2 aromatic heterocycles. The lowest BCUT2D eigenvalue weighted by Crippen LogP contribution is -2.31. The van der Waals surface area contributed by atoms with Crippen molar-refractivity contribution in [2.75, 3.05) is 18.8 Å². The number of pyridine rings is 1. The molecular formula is C25H29N5O2. The van der Waals surface area contributed by atoms with E-state index in [0.717, 1.165) is 37.1 Å². The van der Waals surface area contributed by atoms with Gasteiger partial charge in [-0.25, -0.2) is 4.98 Å². The van der Waals surface area contributed by atoms with Gasteiger partial charge in [0.15, 0.2) is 11.6 Å². The van der Waals surface area contributed by atoms with Gasteiger partial charge in [-0.3, -0.25) is 4.68 Å². The van der Waals surface area contributed by atoms with E-state index in [1.165, 1.54) is 0 Å². The van der Waals surface area contributed by atoms with Crippen molar-refractivity contribution in [2.24, 2.45) is 0 Å². The Morgan fingerprint density at radius 1 is 1.34 bits per heavy atom. The predicted molar refractivity (Wildman–Crippen MR) is 125 cm³/mol. The van der Waals surface area contributed by atoms with E-state index >= 15 is 0 Å². The molecule has 1 fully saturated rings. The number of ether oxygens (including phenoxy) is 1. The third kappa shape index (κ3) is 5.67. The zero-order valence-electron chi connectivity index (χ0n) is 20.3. The Hall–Kier alpha value is -3.34. The van der Waals surface area contributed by atoms with E-state index in [9.17, 15) is 5.11 Å². The second-order valence-corrected chi connectivity index (χ2v) is 8.41. The zero-order valence-corrected chi connectivity index (χ0v) is 18.3. The summed E-state index contributed by atoms with van der Waals surface area (Å²) < 4.78 is 24.7. The minimum Gasteiger partial charge on any atom is -0.485 e. The molecule has 1 atom stereocenters. The Labute approximate surface area is 191 Å². The van der Waals surface area contributed by atoms with Gasteiger partial charge < -0.3 is 20.9 Å². The average molecular weight is 434 g/mol. The SMILES string of the molecule is [2H]C([2H])(Oc1cc(-c2cnn(C3CCCNC3)c2)cnc1N)c1cccc(C#CC(C)(C)O)c1. The molecule has 166 valence electrons. The summed E-state index contributed by atoms with van der Waals surface area (Å²) in [7, 11) is 0. The van der Waals surface area contributed by atoms with Crippen LogP contribution in [0.25, 0.3) is 11.1 Å². The monoisotopic (exact) mass is 433 g/mol. The first-order valence-electron chi connectivity index (χ1n) is 11.7. The van der Waals surface area contributed by atoms with Crippen LogP contribution >= 0.6 is 0 Å². The van der Waals surface area contributed by atoms with Gasteiger partial charge in [-0.15, -0.1) is 0 Å². The van der Waals surface area contributed by atoms with Crippen molar-refractivity contribution in [3.05, 3.63) is 60.0 Å². The lowest BCUT2D eigenvalue weighted by Gasteiger charge is -2.22. The molecule has 7 nitrogen and oxygen atoms in total. The lowest BCUT2D eigenvalue weighted by atomic mass is 10.1. The van der Waals surface area contributed by atoms with Crippen LogP contribution in [0.5, 0.6) is 5.75 Å². The Bertz CT molecular complexity index is 1220. The first kappa shape index (κ1) is 19.4. The van der Waals surface area contributed by atoms with Crippen LogP contribution in [0.3, 0.4) is 0 Å². The number of nitrogen functional groups attached to an aromatic ring is 1. The number of hydrogen-bond acceptors (Lipinski definition) is 6. The molecule has 1 aromatic carbocycles. The molecule has 0 radical (unpaired) electrons. The number of aliphatic hydroxyl groups is 1. The summed E-state index contributed by atoms with van der Waals surface area (Å²) in [6.45, 7) is 2.91. The number of nitrogens with two attached hydrogens (primary N) is 1. The van der Waals surface area contributed by atoms with Crippen molar-refractivity contribution < 1.29 is 12.6 Å². The van der Waals surface area contributed by atoms with Gasteiger partial charge in [0.25, 0.3) is 0 Å². The van der Waals surface area contributed by atoms with E-state index in [1.54, 1.807) is 56.6 Å². The highest BCUT2D eigenvalue weighted by Gasteiger charge is 2.16. The van der Waals surface area contributed by atoms with E-state index in [2.05, 4.69) is 27.2 Å². The number of nitrogens with zero attached hydrogens (tertiary/aromatic N) is 3. The zero-order chi connectivity index (χ0) is 24.3. The second-order valence-electron chi connectivity index (χ2n) is 8.41. The predicted octanol–water partition coefficient (Wildman–Crippen LogP) is 3.15. The average Bonchev–Trinajstić information content (AvgIpc) is 3.30. The molecule has 3 aromatic rings. The van der Waals surface area contributed by atoms with E-state index in [1.807, 2.05) is 10.9 Å². The quantitative estimate of drug-likeness (QED) is 0.535. The molecule has 4 N–H and O–H groups in total. The summed E-state index contributed by atoms with van der Waals surface area (Å²) in [5, 5.41) is 17.7. The fraction of sp³-hybridized carbons (Fsp3) is 0.360. The van der Waals surface area contributed by atoms with Crippen molar-refractivity contribution in [1.29, 1.82) is 0 Å². The molecule has 0 amide bonds. The standard InChI is InChI=1S/C25H29N5O2/c1-25(2,31)9-8-18-5-3-6-19(11-18)17-32-23-12-20(13-28-24(23)26)21-14-29-30(16-21)22-7-4-10-27-15-22/h3,5-6,11-14,16,22,27,31H,4,7,10,15,17H2,1-2H3,(H2,26,28)/i17D2. The molecule has 0 bridgehead atoms. The summed E-state index contributed by atoms with van der Waals surface area (Å²) in [4.78, 5) is 4.22. The van der Waals surface area contributed by atoms with Crippen LogP contribution in [0.4, 0.5) is 5.82 Å². The fourth-order valence-corrected chi connectivity index (χ4v) is 3.44. The van der Waals surface area contributed by atoms with Gasteiger partial charge in [0, 0.05) is 35.6 Å². The molecule has 1 aliphatic rings. The van der Waals surface area contributed by atoms with Gasteiger partial charge in [0.1, 0.15) is 12.2 Å². The maximum atomic E-state index is 9.83. The third-order valence-corrected chi connectivity index (χ3v) is 5.12. The summed E-state index contributed by atoms with van der Waals surface area (Å²) in [6, 6.07) is 8.63. The van der Waals surface area contributed by atoms with Crippen LogP contribution in [-0.4, -0.2) is 38.6 Å². The number of piperidine rings is 1. The van der Waals surface area contributed by atoms with E-state index in [0.29, 0.717) is 11.6 Å². The molecule has 0 aliphatic carbocycles. The molecule has 1 aliphatic heterocycles. The highest BCUT2D eigenvalue weighted by atomic mass is 16.5. The number of hydrogen-bond donors (Lipinski definition) is 3. The molecule has 0 saturated carbocycles. The number of aromatic nitrogens is 3. The van der Waals surface area contributed by atoms with Crippen molar-refractivity contribution >= 4 is 5.82 Å². The highest BCUT2D eigenvalue weighted by molar-refractivity contribution is 5.65. The summed E-state index contributed by atoms with van der Waals surface area (Å²) in [6.07, 6.45) is 7.55. The van der Waals surface area contributed by atoms with Crippen molar-refractivity contribution in [1.82, 2.24) is 20.1 Å². The number of nitrogens with one attached hydrogen (secondary N) is 1. The molecule has 0 spiro atoms. The molecule has 32 heavy (non-hydrogen) atoms. The maximum Gasteiger partial charge on any atom is 0.166 e. The minimum absolute atomic E-state index is 0.0921. The normalized spacial score (nSPS) is 17.7. The van der Waals surface area contributed by atoms with Crippen molar-refractivity contribution in [3.8, 4) is 28.7 Å². The van der Waals surface area contributed by atoms with Crippen LogP contribution in [0.1, 0.15) is 46.6 Å². The van der Waals surface area contributed by atoms with Crippen LogP contribution < -0.4 is 15.8 Å². The van der Waals surface area contributed by atoms with Gasteiger partial charge in [-0.05, 0) is 57.0 Å². The Balaban J connectivity index is 1.56. The summed E-state index contributed by atoms with van der Waals surface area (Å²) in [5.74, 6) is 5.82. The molecule has 1 saturated heterocycles. The third-order valence-electron chi connectivity index (χ3n) is 5.12. The largest absolute Gasteiger partial charge is 0.485 e. The summed E-state index contributed by atoms with van der Waals surface area (Å²) in [5.41, 5.74) is 7.30. The Morgan fingerprint density at radius 3 is 3.00 bits per heavy atom. The molecule has 4 rings (SSSR count). The lowest BCUT2D eigenvalue weighted by molar-refractivity contribution is 0.143. The minimum atomic E-state index is -2.18. The van der Waals surface area contributed by atoms with Crippen LogP contribution in [0.2, 0.25) is 0 Å². The van der Waals surface area contributed by atoms with E-state index in [-0.39, 0.29) is 17.1 Å². The van der Waals surface area contributed by atoms with Gasteiger partial charge in [-0.1, -0.05) is 24.0 Å². The first-order chi connectivity index (χ1) is 16.1. The van der Waals surface area contributed by atoms with Crippen LogP contribution in [0.15, 0.2) is 48.9 Å². The highest BCUT2D eigenvalue weighted by Crippen LogP contribution is 2.28. The number of benzene rings is 1. The molecule has 7 heteroatoms. The van der Waals surface area contributed by atoms with Gasteiger partial charge in [-0.2, -0.15) is 5.10 Å². The molecule has 3 heterocycles. The molecular weight excluding hydrogens is 402 g/mol.